The Balaban J connectivity index is 1.85. The van der Waals surface area contributed by atoms with E-state index in [0.717, 1.165) is 0 Å². The number of carboxylic acid groups (broad SMARTS) is 1. The second-order valence-corrected chi connectivity index (χ2v) is 8.81. The van der Waals surface area contributed by atoms with Crippen molar-refractivity contribution in [1.29, 1.82) is 0 Å². The highest BCUT2D eigenvalue weighted by Gasteiger charge is 2.23. The molecule has 0 aliphatic heterocycles. The third-order valence-corrected chi connectivity index (χ3v) is 6.29. The van der Waals surface area contributed by atoms with E-state index >= 15 is 0 Å². The van der Waals surface area contributed by atoms with E-state index in [1.807, 2.05) is 6.07 Å². The van der Waals surface area contributed by atoms with E-state index in [1.54, 1.807) is 55.5 Å². The number of aryl methyl sites for hydroxylation is 1. The van der Waals surface area contributed by atoms with Crippen LogP contribution in [0.25, 0.3) is 10.8 Å². The zero-order valence-corrected chi connectivity index (χ0v) is 17.1. The predicted octanol–water partition coefficient (Wildman–Crippen LogP) is 2.83. The molecule has 30 heavy (non-hydrogen) atoms. The Morgan fingerprint density at radius 2 is 1.70 bits per heavy atom. The Kier molecular flexibility index (Phi) is 6.59. The number of carbonyl (C=O) groups is 1. The molecule has 0 bridgehead atoms. The number of fused-ring (bicyclic) bond motifs is 1. The van der Waals surface area contributed by atoms with Gasteiger partial charge in [-0.2, -0.15) is 0 Å². The number of aliphatic hydroxyl groups excluding tert-OH is 1. The Labute approximate surface area is 174 Å². The van der Waals surface area contributed by atoms with Gasteiger partial charge in [0.15, 0.2) is 16.4 Å². The van der Waals surface area contributed by atoms with Gasteiger partial charge >= 0.3 is 5.97 Å². The maximum atomic E-state index is 13.0. The molecule has 2 N–H and O–H groups in total. The van der Waals surface area contributed by atoms with Gasteiger partial charge in [-0.1, -0.05) is 42.5 Å². The number of benzene rings is 3. The molecule has 0 amide bonds. The molecule has 8 heteroatoms. The number of hydrogen-bond acceptors (Lipinski definition) is 6. The summed E-state index contributed by atoms with van der Waals surface area (Å²) in [4.78, 5) is 10.9. The van der Waals surface area contributed by atoms with Gasteiger partial charge in [-0.05, 0) is 30.7 Å². The van der Waals surface area contributed by atoms with E-state index in [-0.39, 0.29) is 11.5 Å². The second kappa shape index (κ2) is 9.15. The van der Waals surface area contributed by atoms with Crippen LogP contribution in [0.1, 0.15) is 5.56 Å². The molecule has 0 saturated carbocycles. The molecule has 3 rings (SSSR count). The molecule has 0 heterocycles. The van der Waals surface area contributed by atoms with Gasteiger partial charge < -0.3 is 19.7 Å². The Hall–Kier alpha value is -3.10. The molecule has 158 valence electrons. The monoisotopic (exact) mass is 430 g/mol. The number of carboxylic acids is 1. The lowest BCUT2D eigenvalue weighted by Crippen LogP contribution is -2.27. The first-order valence-electron chi connectivity index (χ1n) is 9.23. The maximum Gasteiger partial charge on any atom is 0.341 e. The topological polar surface area (TPSA) is 110 Å². The summed E-state index contributed by atoms with van der Waals surface area (Å²) in [6.07, 6.45) is -1.22. The normalized spacial score (nSPS) is 12.5. The van der Waals surface area contributed by atoms with Crippen LogP contribution in [0, 0.1) is 6.92 Å². The second-order valence-electron chi connectivity index (χ2n) is 6.80. The van der Waals surface area contributed by atoms with Gasteiger partial charge in [-0.25, -0.2) is 13.2 Å². The van der Waals surface area contributed by atoms with Gasteiger partial charge in [-0.15, -0.1) is 0 Å². The van der Waals surface area contributed by atoms with Gasteiger partial charge in [0, 0.05) is 10.8 Å². The van der Waals surface area contributed by atoms with Crippen molar-refractivity contribution in [1.82, 2.24) is 0 Å². The van der Waals surface area contributed by atoms with Crippen molar-refractivity contribution in [3.05, 3.63) is 66.2 Å². The number of aliphatic hydroxyl groups is 1. The molecule has 3 aromatic rings. The summed E-state index contributed by atoms with van der Waals surface area (Å²) in [5.41, 5.74) is 0.689. The molecule has 0 radical (unpaired) electrons. The summed E-state index contributed by atoms with van der Waals surface area (Å²) in [5.74, 6) is -0.788. The number of aliphatic carboxylic acids is 1. The average molecular weight is 430 g/mol. The summed E-state index contributed by atoms with van der Waals surface area (Å²) in [6, 6.07) is 16.8. The summed E-state index contributed by atoms with van der Waals surface area (Å²) in [5, 5.41) is 20.0. The van der Waals surface area contributed by atoms with E-state index in [2.05, 4.69) is 0 Å². The maximum absolute atomic E-state index is 13.0. The fourth-order valence-electron chi connectivity index (χ4n) is 3.11. The summed E-state index contributed by atoms with van der Waals surface area (Å²) >= 11 is 0. The van der Waals surface area contributed by atoms with Crippen LogP contribution in [-0.4, -0.2) is 49.7 Å². The minimum Gasteiger partial charge on any atom is -0.491 e. The number of sulfone groups is 1. The van der Waals surface area contributed by atoms with Gasteiger partial charge in [0.1, 0.15) is 24.2 Å². The van der Waals surface area contributed by atoms with Crippen LogP contribution in [-0.2, 0) is 14.6 Å². The fraction of sp³-hybridized carbons (Fsp3) is 0.227. The molecule has 0 aliphatic rings. The molecule has 7 nitrogen and oxygen atoms in total. The summed E-state index contributed by atoms with van der Waals surface area (Å²) < 4.78 is 36.8. The van der Waals surface area contributed by atoms with Crippen LogP contribution in [0.5, 0.6) is 11.5 Å². The highest BCUT2D eigenvalue weighted by atomic mass is 32.2. The third-order valence-electron chi connectivity index (χ3n) is 4.44. The van der Waals surface area contributed by atoms with E-state index in [9.17, 15) is 18.3 Å². The Morgan fingerprint density at radius 1 is 0.967 bits per heavy atom. The third kappa shape index (κ3) is 5.08. The average Bonchev–Trinajstić information content (AvgIpc) is 2.71. The van der Waals surface area contributed by atoms with Crippen molar-refractivity contribution >= 4 is 26.6 Å². The fourth-order valence-corrected chi connectivity index (χ4v) is 4.69. The highest BCUT2D eigenvalue weighted by molar-refractivity contribution is 7.91. The van der Waals surface area contributed by atoms with Gasteiger partial charge in [-0.3, -0.25) is 0 Å². The van der Waals surface area contributed by atoms with Crippen molar-refractivity contribution in [2.24, 2.45) is 0 Å². The molecule has 3 aromatic carbocycles. The number of para-hydroxylation sites is 1. The van der Waals surface area contributed by atoms with Crippen molar-refractivity contribution in [2.75, 3.05) is 19.0 Å². The van der Waals surface area contributed by atoms with E-state index in [0.29, 0.717) is 27.8 Å². The number of hydrogen-bond donors (Lipinski definition) is 2. The largest absolute Gasteiger partial charge is 0.491 e. The van der Waals surface area contributed by atoms with Crippen molar-refractivity contribution < 1.29 is 32.9 Å². The van der Waals surface area contributed by atoms with E-state index in [4.69, 9.17) is 14.6 Å². The molecule has 0 fully saturated rings. The van der Waals surface area contributed by atoms with Gasteiger partial charge in [0.05, 0.1) is 10.6 Å². The SMILES string of the molecule is Cc1ccc2c(S(=O)(=O)CC(O)COc3ccccc3)cccc2c1OCC(=O)O. The van der Waals surface area contributed by atoms with Crippen molar-refractivity contribution in [2.45, 2.75) is 17.9 Å². The highest BCUT2D eigenvalue weighted by Crippen LogP contribution is 2.33. The molecular weight excluding hydrogens is 408 g/mol. The van der Waals surface area contributed by atoms with Crippen LogP contribution in [0.2, 0.25) is 0 Å². The van der Waals surface area contributed by atoms with Crippen molar-refractivity contribution in [3.63, 3.8) is 0 Å². The molecule has 0 saturated heterocycles. The van der Waals surface area contributed by atoms with Gasteiger partial charge in [0.2, 0.25) is 0 Å². The molecule has 0 aromatic heterocycles. The minimum absolute atomic E-state index is 0.0407. The van der Waals surface area contributed by atoms with Crippen LogP contribution in [0.15, 0.2) is 65.6 Å². The zero-order chi connectivity index (χ0) is 21.7. The van der Waals surface area contributed by atoms with E-state index < -0.39 is 34.3 Å². The lowest BCUT2D eigenvalue weighted by atomic mass is 10.1. The first-order valence-corrected chi connectivity index (χ1v) is 10.9. The standard InChI is InChI=1S/C22H22O7S/c1-15-10-11-18-19(22(15)29-13-21(24)25)8-5-9-20(18)30(26,27)14-16(23)12-28-17-6-3-2-4-7-17/h2-11,16,23H,12-14H2,1H3,(H,24,25). The molecule has 1 unspecified atom stereocenters. The Morgan fingerprint density at radius 3 is 2.40 bits per heavy atom. The smallest absolute Gasteiger partial charge is 0.341 e. The van der Waals surface area contributed by atoms with Crippen LogP contribution in [0.3, 0.4) is 0 Å². The van der Waals surface area contributed by atoms with E-state index in [1.165, 1.54) is 6.07 Å². The lowest BCUT2D eigenvalue weighted by molar-refractivity contribution is -0.139. The number of ether oxygens (including phenoxy) is 2. The first kappa shape index (κ1) is 21.6. The number of rotatable bonds is 9. The van der Waals surface area contributed by atoms with Crippen molar-refractivity contribution in [3.8, 4) is 11.5 Å². The quantitative estimate of drug-likeness (QED) is 0.537. The predicted molar refractivity (Wildman–Crippen MR) is 112 cm³/mol. The molecule has 0 spiro atoms. The van der Waals surface area contributed by atoms with Gasteiger partial charge in [0.25, 0.3) is 0 Å². The van der Waals surface area contributed by atoms with Crippen LogP contribution < -0.4 is 9.47 Å². The molecule has 1 atom stereocenters. The zero-order valence-electron chi connectivity index (χ0n) is 16.3. The molecular formula is C22H22O7S. The molecule has 0 aliphatic carbocycles. The summed E-state index contributed by atoms with van der Waals surface area (Å²) in [6.45, 7) is 1.05. The summed E-state index contributed by atoms with van der Waals surface area (Å²) in [7, 11) is -3.85. The first-order chi connectivity index (χ1) is 14.3. The minimum atomic E-state index is -3.85. The van der Waals surface area contributed by atoms with Crippen LogP contribution in [0.4, 0.5) is 0 Å². The lowest BCUT2D eigenvalue weighted by Gasteiger charge is -2.16. The Bertz CT molecular complexity index is 1140. The van der Waals surface area contributed by atoms with Crippen LogP contribution >= 0.6 is 0 Å².